The molecular weight excluding hydrogens is 244 g/mol. The molecule has 0 amide bonds. The van der Waals surface area contributed by atoms with Crippen LogP contribution in [0.5, 0.6) is 0 Å². The van der Waals surface area contributed by atoms with Crippen LogP contribution in [-0.2, 0) is 4.74 Å². The Morgan fingerprint density at radius 2 is 2.05 bits per heavy atom. The summed E-state index contributed by atoms with van der Waals surface area (Å²) in [6.45, 7) is 7.86. The van der Waals surface area contributed by atoms with Crippen LogP contribution in [-0.4, -0.2) is 36.5 Å². The molecule has 19 heavy (non-hydrogen) atoms. The molecule has 1 aromatic heterocycles. The molecule has 2 atom stereocenters. The van der Waals surface area contributed by atoms with Crippen LogP contribution < -0.4 is 10.6 Å². The fourth-order valence-corrected chi connectivity index (χ4v) is 1.84. The second kappa shape index (κ2) is 8.87. The van der Waals surface area contributed by atoms with Gasteiger partial charge in [0.15, 0.2) is 0 Å². The van der Waals surface area contributed by atoms with E-state index in [1.54, 1.807) is 7.11 Å². The highest BCUT2D eigenvalue weighted by Gasteiger charge is 2.15. The van der Waals surface area contributed by atoms with Gasteiger partial charge in [0.25, 0.3) is 0 Å². The van der Waals surface area contributed by atoms with Gasteiger partial charge in [-0.25, -0.2) is 0 Å². The average Bonchev–Trinajstić information content (AvgIpc) is 2.85. The molecule has 0 aliphatic rings. The van der Waals surface area contributed by atoms with Gasteiger partial charge in [0.2, 0.25) is 5.89 Å². The second-order valence-corrected chi connectivity index (χ2v) is 4.71. The molecular formula is C13H26N4O2. The minimum Gasteiger partial charge on any atom is -0.406 e. The van der Waals surface area contributed by atoms with Gasteiger partial charge in [-0.2, -0.15) is 0 Å². The average molecular weight is 270 g/mol. The quantitative estimate of drug-likeness (QED) is 0.680. The van der Waals surface area contributed by atoms with E-state index in [9.17, 15) is 0 Å². The van der Waals surface area contributed by atoms with Gasteiger partial charge in [-0.1, -0.05) is 25.4 Å². The molecule has 2 unspecified atom stereocenters. The van der Waals surface area contributed by atoms with Crippen molar-refractivity contribution < 1.29 is 9.15 Å². The molecule has 0 aromatic carbocycles. The first-order valence-electron chi connectivity index (χ1n) is 7.03. The van der Waals surface area contributed by atoms with Crippen LogP contribution in [0.3, 0.4) is 0 Å². The number of hydrogen-bond acceptors (Lipinski definition) is 6. The second-order valence-electron chi connectivity index (χ2n) is 4.71. The van der Waals surface area contributed by atoms with Gasteiger partial charge in [0.1, 0.15) is 0 Å². The minimum absolute atomic E-state index is 0.0788. The van der Waals surface area contributed by atoms with Crippen LogP contribution in [0.1, 0.15) is 52.0 Å². The van der Waals surface area contributed by atoms with E-state index in [4.69, 9.17) is 9.15 Å². The van der Waals surface area contributed by atoms with Gasteiger partial charge in [-0.05, 0) is 26.3 Å². The molecule has 6 heteroatoms. The first kappa shape index (κ1) is 15.9. The lowest BCUT2D eigenvalue weighted by molar-refractivity contribution is 0.181. The zero-order valence-corrected chi connectivity index (χ0v) is 12.4. The number of aromatic nitrogens is 2. The van der Waals surface area contributed by atoms with Gasteiger partial charge in [0, 0.05) is 7.11 Å². The molecule has 1 aromatic rings. The third-order valence-electron chi connectivity index (χ3n) is 2.84. The molecule has 0 saturated carbocycles. The van der Waals surface area contributed by atoms with Crippen molar-refractivity contribution >= 4 is 6.01 Å². The molecule has 0 radical (unpaired) electrons. The van der Waals surface area contributed by atoms with Crippen molar-refractivity contribution in [1.82, 2.24) is 15.5 Å². The molecule has 0 bridgehead atoms. The van der Waals surface area contributed by atoms with E-state index < -0.39 is 0 Å². The Balaban J connectivity index is 2.52. The van der Waals surface area contributed by atoms with Crippen molar-refractivity contribution in [2.45, 2.75) is 52.1 Å². The van der Waals surface area contributed by atoms with Gasteiger partial charge in [-0.3, -0.25) is 0 Å². The van der Waals surface area contributed by atoms with Crippen molar-refractivity contribution in [1.29, 1.82) is 0 Å². The number of methoxy groups -OCH3 is 1. The Kier molecular flexibility index (Phi) is 7.43. The Labute approximate surface area is 115 Å². The number of nitrogens with zero attached hydrogens (tertiary/aromatic N) is 2. The lowest BCUT2D eigenvalue weighted by Gasteiger charge is -2.15. The molecule has 6 nitrogen and oxygen atoms in total. The lowest BCUT2D eigenvalue weighted by atomic mass is 10.2. The SMILES string of the molecule is CCCNC(C)c1nnc(NC(CCC)COC)o1. The highest BCUT2D eigenvalue weighted by molar-refractivity contribution is 5.19. The summed E-state index contributed by atoms with van der Waals surface area (Å²) in [6, 6.07) is 0.757. The van der Waals surface area contributed by atoms with Gasteiger partial charge < -0.3 is 19.8 Å². The monoisotopic (exact) mass is 270 g/mol. The maximum absolute atomic E-state index is 5.61. The van der Waals surface area contributed by atoms with Crippen LogP contribution >= 0.6 is 0 Å². The van der Waals surface area contributed by atoms with Crippen molar-refractivity contribution in [3.8, 4) is 0 Å². The summed E-state index contributed by atoms with van der Waals surface area (Å²) in [7, 11) is 1.69. The fraction of sp³-hybridized carbons (Fsp3) is 0.846. The summed E-state index contributed by atoms with van der Waals surface area (Å²) >= 11 is 0. The Morgan fingerprint density at radius 3 is 2.68 bits per heavy atom. The van der Waals surface area contributed by atoms with Crippen molar-refractivity contribution in [3.05, 3.63) is 5.89 Å². The summed E-state index contributed by atoms with van der Waals surface area (Å²) in [5, 5.41) is 14.6. The van der Waals surface area contributed by atoms with E-state index in [1.807, 2.05) is 6.92 Å². The highest BCUT2D eigenvalue weighted by Crippen LogP contribution is 2.15. The topological polar surface area (TPSA) is 72.2 Å². The first-order chi connectivity index (χ1) is 9.21. The summed E-state index contributed by atoms with van der Waals surface area (Å²) in [5.74, 6) is 0.614. The van der Waals surface area contributed by atoms with Crippen LogP contribution in [0.25, 0.3) is 0 Å². The number of ether oxygens (including phenoxy) is 1. The van der Waals surface area contributed by atoms with E-state index in [1.165, 1.54) is 0 Å². The van der Waals surface area contributed by atoms with Crippen LogP contribution in [0.4, 0.5) is 6.01 Å². The summed E-state index contributed by atoms with van der Waals surface area (Å²) in [6.07, 6.45) is 3.17. The molecule has 1 rings (SSSR count). The largest absolute Gasteiger partial charge is 0.406 e. The van der Waals surface area contributed by atoms with Crippen molar-refractivity contribution in [2.24, 2.45) is 0 Å². The van der Waals surface area contributed by atoms with E-state index in [-0.39, 0.29) is 12.1 Å². The Morgan fingerprint density at radius 1 is 1.26 bits per heavy atom. The zero-order chi connectivity index (χ0) is 14.1. The summed E-state index contributed by atoms with van der Waals surface area (Å²) in [4.78, 5) is 0. The third kappa shape index (κ3) is 5.57. The van der Waals surface area contributed by atoms with Gasteiger partial charge in [0.05, 0.1) is 18.7 Å². The maximum Gasteiger partial charge on any atom is 0.315 e. The standard InChI is InChI=1S/C13H26N4O2/c1-5-7-11(9-18-4)15-13-17-16-12(19-13)10(3)14-8-6-2/h10-11,14H,5-9H2,1-4H3,(H,15,17). The number of rotatable bonds is 10. The summed E-state index contributed by atoms with van der Waals surface area (Å²) in [5.41, 5.74) is 0. The van der Waals surface area contributed by atoms with Crippen LogP contribution in [0, 0.1) is 0 Å². The van der Waals surface area contributed by atoms with Crippen LogP contribution in [0.15, 0.2) is 4.42 Å². The van der Waals surface area contributed by atoms with E-state index in [2.05, 4.69) is 34.7 Å². The third-order valence-corrected chi connectivity index (χ3v) is 2.84. The predicted molar refractivity (Wildman–Crippen MR) is 75.2 cm³/mol. The molecule has 0 spiro atoms. The Hall–Kier alpha value is -1.14. The molecule has 0 aliphatic carbocycles. The number of hydrogen-bond donors (Lipinski definition) is 2. The number of nitrogens with one attached hydrogen (secondary N) is 2. The first-order valence-corrected chi connectivity index (χ1v) is 7.03. The van der Waals surface area contributed by atoms with Crippen LogP contribution in [0.2, 0.25) is 0 Å². The number of anilines is 1. The molecule has 110 valence electrons. The highest BCUT2D eigenvalue weighted by atomic mass is 16.5. The van der Waals surface area contributed by atoms with E-state index in [0.29, 0.717) is 18.5 Å². The Bertz CT molecular complexity index is 337. The van der Waals surface area contributed by atoms with Gasteiger partial charge in [-0.15, -0.1) is 5.10 Å². The predicted octanol–water partition coefficient (Wildman–Crippen LogP) is 2.36. The van der Waals surface area contributed by atoms with Crippen molar-refractivity contribution in [2.75, 3.05) is 25.6 Å². The molecule has 0 aliphatic heterocycles. The zero-order valence-electron chi connectivity index (χ0n) is 12.4. The molecule has 0 saturated heterocycles. The van der Waals surface area contributed by atoms with E-state index in [0.717, 1.165) is 25.8 Å². The molecule has 0 fully saturated rings. The molecule has 2 N–H and O–H groups in total. The smallest absolute Gasteiger partial charge is 0.315 e. The van der Waals surface area contributed by atoms with Gasteiger partial charge >= 0.3 is 6.01 Å². The fourth-order valence-electron chi connectivity index (χ4n) is 1.84. The molecule has 1 heterocycles. The minimum atomic E-state index is 0.0788. The normalized spacial score (nSPS) is 14.3. The van der Waals surface area contributed by atoms with E-state index >= 15 is 0 Å². The van der Waals surface area contributed by atoms with Crippen molar-refractivity contribution in [3.63, 3.8) is 0 Å². The lowest BCUT2D eigenvalue weighted by Crippen LogP contribution is -2.24. The maximum atomic E-state index is 5.61. The summed E-state index contributed by atoms with van der Waals surface area (Å²) < 4.78 is 10.8.